The Morgan fingerprint density at radius 2 is 2.00 bits per heavy atom. The predicted octanol–water partition coefficient (Wildman–Crippen LogP) is 3.49. The Labute approximate surface area is 128 Å². The van der Waals surface area contributed by atoms with Gasteiger partial charge in [0.05, 0.1) is 4.47 Å². The van der Waals surface area contributed by atoms with Gasteiger partial charge in [-0.1, -0.05) is 12.1 Å². The number of hydrogen-bond donors (Lipinski definition) is 1. The molecule has 0 aliphatic rings. The Bertz CT molecular complexity index is 542. The predicted molar refractivity (Wildman–Crippen MR) is 87.3 cm³/mol. The molecule has 0 bridgehead atoms. The van der Waals surface area contributed by atoms with Gasteiger partial charge in [-0.25, -0.2) is 9.97 Å². The van der Waals surface area contributed by atoms with Crippen LogP contribution in [0.1, 0.15) is 12.5 Å². The van der Waals surface area contributed by atoms with E-state index in [9.17, 15) is 0 Å². The Morgan fingerprint density at radius 1 is 1.25 bits per heavy atom. The average molecular weight is 335 g/mol. The molecule has 5 heteroatoms. The van der Waals surface area contributed by atoms with Crippen LogP contribution >= 0.6 is 15.9 Å². The highest BCUT2D eigenvalue weighted by Gasteiger charge is 2.04. The van der Waals surface area contributed by atoms with E-state index < -0.39 is 0 Å². The highest BCUT2D eigenvalue weighted by Crippen LogP contribution is 2.15. The van der Waals surface area contributed by atoms with E-state index in [-0.39, 0.29) is 0 Å². The summed E-state index contributed by atoms with van der Waals surface area (Å²) in [6, 6.07) is 8.57. The fourth-order valence-corrected chi connectivity index (χ4v) is 2.21. The summed E-state index contributed by atoms with van der Waals surface area (Å²) in [5.41, 5.74) is 2.54. The van der Waals surface area contributed by atoms with E-state index in [0.717, 1.165) is 24.1 Å². The number of halogens is 1. The van der Waals surface area contributed by atoms with Crippen LogP contribution in [-0.4, -0.2) is 29.6 Å². The van der Waals surface area contributed by atoms with Crippen molar-refractivity contribution >= 4 is 27.6 Å². The topological polar surface area (TPSA) is 41.0 Å². The van der Waals surface area contributed by atoms with Gasteiger partial charge in [0, 0.05) is 37.7 Å². The Balaban J connectivity index is 1.89. The average Bonchev–Trinajstić information content (AvgIpc) is 2.45. The maximum Gasteiger partial charge on any atom is 0.222 e. The molecule has 4 nitrogen and oxygen atoms in total. The number of nitrogens with zero attached hydrogens (tertiary/aromatic N) is 3. The van der Waals surface area contributed by atoms with Gasteiger partial charge in [-0.15, -0.1) is 0 Å². The minimum atomic E-state index is 0.661. The summed E-state index contributed by atoms with van der Waals surface area (Å²) in [6.45, 7) is 6.98. The minimum absolute atomic E-state index is 0.661. The Hall–Kier alpha value is -1.62. The lowest BCUT2D eigenvalue weighted by Gasteiger charge is -2.23. The van der Waals surface area contributed by atoms with Gasteiger partial charge < -0.3 is 10.2 Å². The fourth-order valence-electron chi connectivity index (χ4n) is 2.00. The number of aryl methyl sites for hydroxylation is 1. The van der Waals surface area contributed by atoms with Crippen molar-refractivity contribution in [2.75, 3.05) is 29.9 Å². The highest BCUT2D eigenvalue weighted by molar-refractivity contribution is 9.10. The van der Waals surface area contributed by atoms with Crippen LogP contribution in [0.3, 0.4) is 0 Å². The summed E-state index contributed by atoms with van der Waals surface area (Å²) >= 11 is 3.32. The lowest BCUT2D eigenvalue weighted by atomic mass is 10.2. The lowest BCUT2D eigenvalue weighted by Crippen LogP contribution is -2.29. The SMILES string of the molecule is CCN(CCNc1ncc(Br)cn1)c1cccc(C)c1. The zero-order valence-electron chi connectivity index (χ0n) is 11.8. The largest absolute Gasteiger partial charge is 0.370 e. The molecule has 1 N–H and O–H groups in total. The summed E-state index contributed by atoms with van der Waals surface area (Å²) in [5.74, 6) is 0.661. The first-order valence-electron chi connectivity index (χ1n) is 6.72. The van der Waals surface area contributed by atoms with Crippen molar-refractivity contribution in [1.82, 2.24) is 9.97 Å². The third-order valence-electron chi connectivity index (χ3n) is 3.03. The number of aromatic nitrogens is 2. The molecule has 0 amide bonds. The van der Waals surface area contributed by atoms with Crippen LogP contribution in [0.15, 0.2) is 41.1 Å². The third kappa shape index (κ3) is 4.20. The maximum atomic E-state index is 4.20. The number of hydrogen-bond acceptors (Lipinski definition) is 4. The second-order valence-corrected chi connectivity index (χ2v) is 5.49. The lowest BCUT2D eigenvalue weighted by molar-refractivity contribution is 0.829. The molecule has 0 aliphatic heterocycles. The van der Waals surface area contributed by atoms with Gasteiger partial charge in [-0.2, -0.15) is 0 Å². The van der Waals surface area contributed by atoms with Crippen molar-refractivity contribution in [3.05, 3.63) is 46.7 Å². The molecule has 106 valence electrons. The maximum absolute atomic E-state index is 4.20. The van der Waals surface area contributed by atoms with Crippen LogP contribution in [-0.2, 0) is 0 Å². The molecule has 1 heterocycles. The summed E-state index contributed by atoms with van der Waals surface area (Å²) in [5, 5.41) is 3.24. The molecule has 0 saturated heterocycles. The number of rotatable bonds is 6. The monoisotopic (exact) mass is 334 g/mol. The summed E-state index contributed by atoms with van der Waals surface area (Å²) in [7, 11) is 0. The van der Waals surface area contributed by atoms with Gasteiger partial charge in [0.15, 0.2) is 0 Å². The number of anilines is 2. The van der Waals surface area contributed by atoms with Gasteiger partial charge in [-0.05, 0) is 47.5 Å². The van der Waals surface area contributed by atoms with Crippen molar-refractivity contribution < 1.29 is 0 Å². The molecule has 0 spiro atoms. The van der Waals surface area contributed by atoms with Crippen LogP contribution in [0.5, 0.6) is 0 Å². The molecule has 1 aromatic heterocycles. The van der Waals surface area contributed by atoms with Crippen molar-refractivity contribution in [2.45, 2.75) is 13.8 Å². The first-order valence-corrected chi connectivity index (χ1v) is 7.51. The number of nitrogens with one attached hydrogen (secondary N) is 1. The second kappa shape index (κ2) is 7.24. The molecule has 0 unspecified atom stereocenters. The molecule has 0 atom stereocenters. The van der Waals surface area contributed by atoms with Crippen molar-refractivity contribution in [2.24, 2.45) is 0 Å². The van der Waals surface area contributed by atoms with Gasteiger partial charge >= 0.3 is 0 Å². The first kappa shape index (κ1) is 14.8. The van der Waals surface area contributed by atoms with Gasteiger partial charge in [0.2, 0.25) is 5.95 Å². The van der Waals surface area contributed by atoms with E-state index in [4.69, 9.17) is 0 Å². The summed E-state index contributed by atoms with van der Waals surface area (Å²) in [6.07, 6.45) is 3.49. The smallest absolute Gasteiger partial charge is 0.222 e. The van der Waals surface area contributed by atoms with Crippen LogP contribution < -0.4 is 10.2 Å². The van der Waals surface area contributed by atoms with Crippen molar-refractivity contribution in [3.8, 4) is 0 Å². The van der Waals surface area contributed by atoms with E-state index in [1.54, 1.807) is 12.4 Å². The Morgan fingerprint density at radius 3 is 2.65 bits per heavy atom. The quantitative estimate of drug-likeness (QED) is 0.877. The van der Waals surface area contributed by atoms with Crippen LogP contribution in [0.2, 0.25) is 0 Å². The van der Waals surface area contributed by atoms with Gasteiger partial charge in [0.25, 0.3) is 0 Å². The number of likely N-dealkylation sites (N-methyl/N-ethyl adjacent to an activating group) is 1. The van der Waals surface area contributed by atoms with Crippen LogP contribution in [0, 0.1) is 6.92 Å². The minimum Gasteiger partial charge on any atom is -0.370 e. The fraction of sp³-hybridized carbons (Fsp3) is 0.333. The second-order valence-electron chi connectivity index (χ2n) is 4.57. The molecule has 1 aromatic carbocycles. The van der Waals surface area contributed by atoms with E-state index in [1.807, 2.05) is 0 Å². The van der Waals surface area contributed by atoms with Crippen LogP contribution in [0.4, 0.5) is 11.6 Å². The Kier molecular flexibility index (Phi) is 5.35. The molecule has 0 aliphatic carbocycles. The van der Waals surface area contributed by atoms with Crippen molar-refractivity contribution in [1.29, 1.82) is 0 Å². The standard InChI is InChI=1S/C15H19BrN4/c1-3-20(14-6-4-5-12(2)9-14)8-7-17-15-18-10-13(16)11-19-15/h4-6,9-11H,3,7-8H2,1-2H3,(H,17,18,19). The van der Waals surface area contributed by atoms with E-state index in [2.05, 4.69) is 74.2 Å². The molecular formula is C15H19BrN4. The van der Waals surface area contributed by atoms with Gasteiger partial charge in [0.1, 0.15) is 0 Å². The number of benzene rings is 1. The molecule has 0 saturated carbocycles. The molecular weight excluding hydrogens is 316 g/mol. The van der Waals surface area contributed by atoms with Crippen molar-refractivity contribution in [3.63, 3.8) is 0 Å². The van der Waals surface area contributed by atoms with Gasteiger partial charge in [-0.3, -0.25) is 0 Å². The molecule has 2 aromatic rings. The third-order valence-corrected chi connectivity index (χ3v) is 3.44. The molecule has 0 radical (unpaired) electrons. The van der Waals surface area contributed by atoms with E-state index >= 15 is 0 Å². The van der Waals surface area contributed by atoms with E-state index in [1.165, 1.54) is 11.3 Å². The highest BCUT2D eigenvalue weighted by atomic mass is 79.9. The summed E-state index contributed by atoms with van der Waals surface area (Å²) < 4.78 is 0.887. The molecule has 0 fully saturated rings. The van der Waals surface area contributed by atoms with Crippen LogP contribution in [0.25, 0.3) is 0 Å². The molecule has 2 rings (SSSR count). The molecule has 20 heavy (non-hydrogen) atoms. The zero-order valence-corrected chi connectivity index (χ0v) is 13.4. The normalized spacial score (nSPS) is 10.3. The summed E-state index contributed by atoms with van der Waals surface area (Å²) in [4.78, 5) is 10.7. The first-order chi connectivity index (χ1) is 9.69. The zero-order chi connectivity index (χ0) is 14.4. The van der Waals surface area contributed by atoms with E-state index in [0.29, 0.717) is 5.95 Å².